The molecule has 0 radical (unpaired) electrons. The van der Waals surface area contributed by atoms with E-state index in [1.165, 1.54) is 0 Å². The first-order valence-corrected chi connectivity index (χ1v) is 4.16. The molecule has 1 aliphatic rings. The molecule has 0 aromatic heterocycles. The molecule has 1 saturated heterocycles. The largest absolute Gasteiger partial charge is 0.379 e. The summed E-state index contributed by atoms with van der Waals surface area (Å²) in [6.07, 6.45) is 0. The van der Waals surface area contributed by atoms with E-state index in [2.05, 4.69) is 12.2 Å². The Balaban J connectivity index is 2.29. The number of ether oxygens (including phenoxy) is 1. The van der Waals surface area contributed by atoms with Crippen molar-refractivity contribution in [2.75, 3.05) is 26.3 Å². The lowest BCUT2D eigenvalue weighted by Gasteiger charge is -2.24. The van der Waals surface area contributed by atoms with Gasteiger partial charge < -0.3 is 9.57 Å². The molecule has 0 aromatic carbocycles. The van der Waals surface area contributed by atoms with Crippen LogP contribution in [0.15, 0.2) is 0 Å². The van der Waals surface area contributed by atoms with E-state index in [0.717, 1.165) is 0 Å². The fourth-order valence-corrected chi connectivity index (χ4v) is 0.857. The first-order chi connectivity index (χ1) is 5.70. The van der Waals surface area contributed by atoms with E-state index < -0.39 is 5.97 Å². The van der Waals surface area contributed by atoms with Gasteiger partial charge in [-0.3, -0.25) is 0 Å². The van der Waals surface area contributed by atoms with Crippen LogP contribution in [0.3, 0.4) is 0 Å². The van der Waals surface area contributed by atoms with Crippen LogP contribution in [0.4, 0.5) is 0 Å². The van der Waals surface area contributed by atoms with Gasteiger partial charge in [0.25, 0.3) is 0 Å². The summed E-state index contributed by atoms with van der Waals surface area (Å²) in [7, 11) is 0. The molecule has 68 valence electrons. The molecule has 1 fully saturated rings. The van der Waals surface area contributed by atoms with Crippen LogP contribution in [-0.4, -0.2) is 42.2 Å². The fraction of sp³-hybridized carbons (Fsp3) is 0.714. The predicted octanol–water partition coefficient (Wildman–Crippen LogP) is 0.167. The van der Waals surface area contributed by atoms with Gasteiger partial charge >= 0.3 is 5.97 Å². The second-order valence-corrected chi connectivity index (χ2v) is 3.09. The van der Waals surface area contributed by atoms with E-state index in [1.807, 2.05) is 0 Å². The van der Waals surface area contributed by atoms with Crippen molar-refractivity contribution in [1.29, 1.82) is 0 Å². The number of hydrogen-bond donors (Lipinski definition) is 0. The van der Waals surface area contributed by atoms with E-state index in [4.69, 9.17) is 9.57 Å². The highest BCUT2D eigenvalue weighted by atomic mass is 32.1. The van der Waals surface area contributed by atoms with Gasteiger partial charge in [0.15, 0.2) is 0 Å². The van der Waals surface area contributed by atoms with Crippen LogP contribution in [0.1, 0.15) is 6.92 Å². The molecule has 0 unspecified atom stereocenters. The topological polar surface area (TPSA) is 38.8 Å². The quantitative estimate of drug-likeness (QED) is 0.579. The van der Waals surface area contributed by atoms with Crippen molar-refractivity contribution < 1.29 is 14.4 Å². The summed E-state index contributed by atoms with van der Waals surface area (Å²) in [4.78, 5) is 16.1. The van der Waals surface area contributed by atoms with E-state index in [9.17, 15) is 4.79 Å². The van der Waals surface area contributed by atoms with Crippen molar-refractivity contribution >= 4 is 23.1 Å². The Labute approximate surface area is 76.4 Å². The summed E-state index contributed by atoms with van der Waals surface area (Å²) >= 11 is 4.65. The molecule has 0 amide bonds. The highest BCUT2D eigenvalue weighted by Crippen LogP contribution is 1.98. The van der Waals surface area contributed by atoms with Gasteiger partial charge in [0.2, 0.25) is 0 Å². The number of morpholine rings is 1. The van der Waals surface area contributed by atoms with Gasteiger partial charge in [-0.05, 0) is 6.92 Å². The Morgan fingerprint density at radius 3 is 2.58 bits per heavy atom. The molecule has 0 bridgehead atoms. The van der Waals surface area contributed by atoms with Gasteiger partial charge in [0.1, 0.15) is 0 Å². The Morgan fingerprint density at radius 1 is 1.50 bits per heavy atom. The number of rotatable bonds is 2. The summed E-state index contributed by atoms with van der Waals surface area (Å²) in [6, 6.07) is 0. The Morgan fingerprint density at radius 2 is 2.08 bits per heavy atom. The molecule has 0 spiro atoms. The number of thiocarbonyl (C=S) groups is 1. The lowest BCUT2D eigenvalue weighted by atomic mass is 10.5. The van der Waals surface area contributed by atoms with E-state index in [1.54, 1.807) is 12.0 Å². The molecule has 0 aliphatic carbocycles. The molecule has 1 rings (SSSR count). The molecular weight excluding hydrogens is 178 g/mol. The van der Waals surface area contributed by atoms with Crippen LogP contribution in [0.5, 0.6) is 0 Å². The zero-order chi connectivity index (χ0) is 8.97. The van der Waals surface area contributed by atoms with E-state index in [-0.39, 0.29) is 4.86 Å². The van der Waals surface area contributed by atoms with Gasteiger partial charge in [-0.25, -0.2) is 4.79 Å². The number of hydrogen-bond acceptors (Lipinski definition) is 5. The van der Waals surface area contributed by atoms with Crippen LogP contribution >= 0.6 is 12.2 Å². The fourth-order valence-electron chi connectivity index (χ4n) is 0.819. The zero-order valence-corrected chi connectivity index (χ0v) is 7.73. The third-order valence-corrected chi connectivity index (χ3v) is 1.64. The molecule has 12 heavy (non-hydrogen) atoms. The molecule has 0 N–H and O–H groups in total. The standard InChI is InChI=1S/C7H11NO3S/c1-6(12)7(9)11-8-2-4-10-5-3-8/h2-5H2,1H3. The minimum Gasteiger partial charge on any atom is -0.379 e. The highest BCUT2D eigenvalue weighted by Gasteiger charge is 2.15. The zero-order valence-electron chi connectivity index (χ0n) is 6.91. The predicted molar refractivity (Wildman–Crippen MR) is 46.8 cm³/mol. The van der Waals surface area contributed by atoms with E-state index >= 15 is 0 Å². The molecule has 5 heteroatoms. The Hall–Kier alpha value is -0.520. The Kier molecular flexibility index (Phi) is 3.58. The second-order valence-electron chi connectivity index (χ2n) is 2.48. The number of hydroxylamine groups is 2. The summed E-state index contributed by atoms with van der Waals surface area (Å²) in [5.41, 5.74) is 0. The number of carbonyl (C=O) groups excluding carboxylic acids is 1. The number of nitrogens with zero attached hydrogens (tertiary/aromatic N) is 1. The maximum atomic E-state index is 11.0. The van der Waals surface area contributed by atoms with Gasteiger partial charge in [0.05, 0.1) is 31.2 Å². The molecule has 4 nitrogen and oxygen atoms in total. The first-order valence-electron chi connectivity index (χ1n) is 3.75. The average molecular weight is 189 g/mol. The van der Waals surface area contributed by atoms with Crippen LogP contribution in [0.2, 0.25) is 0 Å². The summed E-state index contributed by atoms with van der Waals surface area (Å²) < 4.78 is 5.08. The highest BCUT2D eigenvalue weighted by molar-refractivity contribution is 7.82. The number of carbonyl (C=O) groups is 1. The lowest BCUT2D eigenvalue weighted by molar-refractivity contribution is -0.197. The molecule has 1 aliphatic heterocycles. The normalized spacial score (nSPS) is 18.8. The van der Waals surface area contributed by atoms with Crippen molar-refractivity contribution in [3.8, 4) is 0 Å². The Bertz CT molecular complexity index is 189. The van der Waals surface area contributed by atoms with Crippen molar-refractivity contribution in [2.24, 2.45) is 0 Å². The van der Waals surface area contributed by atoms with Crippen LogP contribution in [0.25, 0.3) is 0 Å². The SMILES string of the molecule is CC(=S)C(=O)ON1CCOCC1. The molecule has 0 atom stereocenters. The maximum absolute atomic E-state index is 11.0. The molecule has 1 heterocycles. The minimum atomic E-state index is -0.438. The van der Waals surface area contributed by atoms with Gasteiger partial charge in [-0.2, -0.15) is 0 Å². The second kappa shape index (κ2) is 4.49. The average Bonchev–Trinajstić information content (AvgIpc) is 2.06. The van der Waals surface area contributed by atoms with Crippen molar-refractivity contribution in [3.05, 3.63) is 0 Å². The summed E-state index contributed by atoms with van der Waals surface area (Å²) in [6.45, 7) is 3.99. The minimum absolute atomic E-state index is 0.251. The molecule has 0 aromatic rings. The maximum Gasteiger partial charge on any atom is 0.363 e. The van der Waals surface area contributed by atoms with Crippen LogP contribution in [-0.2, 0) is 14.4 Å². The van der Waals surface area contributed by atoms with Crippen molar-refractivity contribution in [1.82, 2.24) is 5.06 Å². The summed E-state index contributed by atoms with van der Waals surface area (Å²) in [5.74, 6) is -0.438. The third-order valence-electron chi connectivity index (χ3n) is 1.47. The van der Waals surface area contributed by atoms with Crippen molar-refractivity contribution in [3.63, 3.8) is 0 Å². The van der Waals surface area contributed by atoms with Gasteiger partial charge in [0, 0.05) is 0 Å². The smallest absolute Gasteiger partial charge is 0.363 e. The monoisotopic (exact) mass is 189 g/mol. The first kappa shape index (κ1) is 9.57. The third kappa shape index (κ3) is 2.84. The molecule has 0 saturated carbocycles. The van der Waals surface area contributed by atoms with Gasteiger partial charge in [-0.15, -0.1) is 5.06 Å². The van der Waals surface area contributed by atoms with Crippen LogP contribution < -0.4 is 0 Å². The van der Waals surface area contributed by atoms with Gasteiger partial charge in [-0.1, -0.05) is 12.2 Å². The molecular formula is C7H11NO3S. The summed E-state index contributed by atoms with van der Waals surface area (Å²) in [5, 5.41) is 1.57. The van der Waals surface area contributed by atoms with Crippen LogP contribution in [0, 0.1) is 0 Å². The van der Waals surface area contributed by atoms with Crippen molar-refractivity contribution in [2.45, 2.75) is 6.92 Å². The van der Waals surface area contributed by atoms with E-state index in [0.29, 0.717) is 26.3 Å². The lowest BCUT2D eigenvalue weighted by Crippen LogP contribution is -2.38.